The summed E-state index contributed by atoms with van der Waals surface area (Å²) >= 11 is 0. The molecule has 0 atom stereocenters. The fourth-order valence-corrected chi connectivity index (χ4v) is 1.85. The van der Waals surface area contributed by atoms with Crippen molar-refractivity contribution >= 4 is 17.9 Å². The second kappa shape index (κ2) is 7.93. The quantitative estimate of drug-likeness (QED) is 0.781. The smallest absolute Gasteiger partial charge is 0.336 e. The molecular weight excluding hydrogens is 264 g/mol. The summed E-state index contributed by atoms with van der Waals surface area (Å²) in [5, 5.41) is 25.4. The van der Waals surface area contributed by atoms with Gasteiger partial charge in [-0.15, -0.1) is 0 Å². The summed E-state index contributed by atoms with van der Waals surface area (Å²) < 4.78 is 0. The van der Waals surface area contributed by atoms with Crippen molar-refractivity contribution in [2.75, 3.05) is 0 Å². The van der Waals surface area contributed by atoms with Gasteiger partial charge in [-0.25, -0.2) is 9.59 Å². The van der Waals surface area contributed by atoms with E-state index >= 15 is 0 Å². The minimum absolute atomic E-state index is 0.0747. The molecule has 1 rings (SSSR count). The number of carbonyl (C=O) groups is 3. The Bertz CT molecular complexity index is 515. The Balaban J connectivity index is 0.000000796. The van der Waals surface area contributed by atoms with Crippen molar-refractivity contribution < 1.29 is 29.7 Å². The number of carboxylic acid groups (broad SMARTS) is 3. The van der Waals surface area contributed by atoms with Crippen LogP contribution in [0.4, 0.5) is 0 Å². The zero-order valence-corrected chi connectivity index (χ0v) is 11.6. The van der Waals surface area contributed by atoms with Gasteiger partial charge in [0, 0.05) is 6.92 Å². The molecule has 0 spiro atoms. The molecule has 6 nitrogen and oxygen atoms in total. The number of aromatic carboxylic acids is 2. The van der Waals surface area contributed by atoms with E-state index in [0.717, 1.165) is 12.5 Å². The fourth-order valence-electron chi connectivity index (χ4n) is 1.85. The molecule has 1 aromatic carbocycles. The SMILES string of the molecule is CC(=O)O.CCc1ccc(C(=O)O)c(C(=O)O)c1CC. The van der Waals surface area contributed by atoms with Gasteiger partial charge in [-0.05, 0) is 30.0 Å². The van der Waals surface area contributed by atoms with Crippen LogP contribution in [0.3, 0.4) is 0 Å². The lowest BCUT2D eigenvalue weighted by atomic mass is 9.93. The van der Waals surface area contributed by atoms with Crippen LogP contribution in [0.2, 0.25) is 0 Å². The Hall–Kier alpha value is -2.37. The molecule has 1 aromatic rings. The molecule has 6 heteroatoms. The van der Waals surface area contributed by atoms with Crippen molar-refractivity contribution in [1.82, 2.24) is 0 Å². The van der Waals surface area contributed by atoms with E-state index < -0.39 is 17.9 Å². The van der Waals surface area contributed by atoms with Gasteiger partial charge < -0.3 is 15.3 Å². The van der Waals surface area contributed by atoms with Gasteiger partial charge in [0.15, 0.2) is 0 Å². The third kappa shape index (κ3) is 4.72. The molecule has 0 saturated carbocycles. The minimum atomic E-state index is -1.20. The first-order chi connectivity index (χ1) is 9.26. The van der Waals surface area contributed by atoms with Crippen LogP contribution in [-0.2, 0) is 17.6 Å². The average molecular weight is 282 g/mol. The van der Waals surface area contributed by atoms with Crippen LogP contribution < -0.4 is 0 Å². The van der Waals surface area contributed by atoms with E-state index in [1.807, 2.05) is 13.8 Å². The van der Waals surface area contributed by atoms with Gasteiger partial charge >= 0.3 is 11.9 Å². The van der Waals surface area contributed by atoms with Crippen LogP contribution in [0.1, 0.15) is 52.6 Å². The zero-order chi connectivity index (χ0) is 15.9. The Kier molecular flexibility index (Phi) is 6.99. The molecule has 0 amide bonds. The molecule has 0 saturated heterocycles. The Morgan fingerprint density at radius 2 is 1.45 bits per heavy atom. The summed E-state index contributed by atoms with van der Waals surface area (Å²) in [5.41, 5.74) is 1.30. The van der Waals surface area contributed by atoms with Crippen LogP contribution in [-0.4, -0.2) is 33.2 Å². The maximum atomic E-state index is 11.1. The van der Waals surface area contributed by atoms with Gasteiger partial charge in [0.05, 0.1) is 11.1 Å². The molecule has 0 aromatic heterocycles. The Morgan fingerprint density at radius 1 is 0.950 bits per heavy atom. The molecule has 0 heterocycles. The molecule has 20 heavy (non-hydrogen) atoms. The number of hydrogen-bond donors (Lipinski definition) is 3. The van der Waals surface area contributed by atoms with Crippen molar-refractivity contribution in [3.8, 4) is 0 Å². The van der Waals surface area contributed by atoms with Gasteiger partial charge in [-0.3, -0.25) is 4.79 Å². The largest absolute Gasteiger partial charge is 0.481 e. The van der Waals surface area contributed by atoms with E-state index in [-0.39, 0.29) is 11.1 Å². The van der Waals surface area contributed by atoms with Crippen LogP contribution in [0.15, 0.2) is 12.1 Å². The fraction of sp³-hybridized carbons (Fsp3) is 0.357. The molecule has 0 bridgehead atoms. The maximum absolute atomic E-state index is 11.1. The van der Waals surface area contributed by atoms with Gasteiger partial charge in [0.25, 0.3) is 5.97 Å². The highest BCUT2D eigenvalue weighted by Gasteiger charge is 2.21. The second-order valence-electron chi connectivity index (χ2n) is 3.96. The van der Waals surface area contributed by atoms with Crippen molar-refractivity contribution in [1.29, 1.82) is 0 Å². The third-order valence-electron chi connectivity index (χ3n) is 2.59. The molecule has 0 radical (unpaired) electrons. The lowest BCUT2D eigenvalue weighted by molar-refractivity contribution is -0.134. The van der Waals surface area contributed by atoms with E-state index in [2.05, 4.69) is 0 Å². The van der Waals surface area contributed by atoms with Crippen LogP contribution in [0.5, 0.6) is 0 Å². The highest BCUT2D eigenvalue weighted by atomic mass is 16.4. The van der Waals surface area contributed by atoms with Crippen LogP contribution in [0, 0.1) is 0 Å². The maximum Gasteiger partial charge on any atom is 0.336 e. The summed E-state index contributed by atoms with van der Waals surface area (Å²) in [6.45, 7) is 4.83. The van der Waals surface area contributed by atoms with E-state index in [1.165, 1.54) is 6.07 Å². The first-order valence-electron chi connectivity index (χ1n) is 6.07. The monoisotopic (exact) mass is 282 g/mol. The summed E-state index contributed by atoms with van der Waals surface area (Å²) in [6.07, 6.45) is 1.22. The highest BCUT2D eigenvalue weighted by molar-refractivity contribution is 6.03. The predicted molar refractivity (Wildman–Crippen MR) is 72.4 cm³/mol. The Morgan fingerprint density at radius 3 is 1.75 bits per heavy atom. The van der Waals surface area contributed by atoms with Gasteiger partial charge in [-0.2, -0.15) is 0 Å². The topological polar surface area (TPSA) is 112 Å². The first-order valence-corrected chi connectivity index (χ1v) is 6.07. The number of hydrogen-bond acceptors (Lipinski definition) is 3. The molecule has 0 unspecified atom stereocenters. The molecule has 0 aliphatic heterocycles. The van der Waals surface area contributed by atoms with E-state index in [1.54, 1.807) is 6.07 Å². The molecule has 0 aliphatic rings. The van der Waals surface area contributed by atoms with E-state index in [0.29, 0.717) is 18.4 Å². The summed E-state index contributed by atoms with van der Waals surface area (Å²) in [7, 11) is 0. The van der Waals surface area contributed by atoms with E-state index in [9.17, 15) is 9.59 Å². The normalized spacial score (nSPS) is 9.35. The molecule has 3 N–H and O–H groups in total. The molecule has 0 fully saturated rings. The molecular formula is C14H18O6. The lowest BCUT2D eigenvalue weighted by Gasteiger charge is -2.12. The molecule has 110 valence electrons. The van der Waals surface area contributed by atoms with Gasteiger partial charge in [0.2, 0.25) is 0 Å². The van der Waals surface area contributed by atoms with Crippen molar-refractivity contribution in [2.24, 2.45) is 0 Å². The number of aliphatic carboxylic acids is 1. The van der Waals surface area contributed by atoms with Crippen LogP contribution >= 0.6 is 0 Å². The average Bonchev–Trinajstić information content (AvgIpc) is 2.35. The predicted octanol–water partition coefficient (Wildman–Crippen LogP) is 2.30. The van der Waals surface area contributed by atoms with E-state index in [4.69, 9.17) is 20.1 Å². The minimum Gasteiger partial charge on any atom is -0.481 e. The van der Waals surface area contributed by atoms with Crippen molar-refractivity contribution in [2.45, 2.75) is 33.6 Å². The number of benzene rings is 1. The zero-order valence-electron chi connectivity index (χ0n) is 11.6. The van der Waals surface area contributed by atoms with Gasteiger partial charge in [-0.1, -0.05) is 19.9 Å². The first kappa shape index (κ1) is 17.6. The second-order valence-corrected chi connectivity index (χ2v) is 3.96. The van der Waals surface area contributed by atoms with Crippen molar-refractivity contribution in [3.05, 3.63) is 34.4 Å². The molecule has 0 aliphatic carbocycles. The summed E-state index contributed by atoms with van der Waals surface area (Å²) in [5.74, 6) is -3.21. The van der Waals surface area contributed by atoms with Crippen LogP contribution in [0.25, 0.3) is 0 Å². The number of carboxylic acids is 3. The summed E-state index contributed by atoms with van der Waals surface area (Å²) in [6, 6.07) is 3.05. The lowest BCUT2D eigenvalue weighted by Crippen LogP contribution is -2.13. The van der Waals surface area contributed by atoms with Crippen molar-refractivity contribution in [3.63, 3.8) is 0 Å². The Labute approximate surface area is 116 Å². The van der Waals surface area contributed by atoms with Gasteiger partial charge in [0.1, 0.15) is 0 Å². The number of rotatable bonds is 4. The summed E-state index contributed by atoms with van der Waals surface area (Å²) in [4.78, 5) is 31.0. The highest BCUT2D eigenvalue weighted by Crippen LogP contribution is 2.21. The standard InChI is InChI=1S/C12H14O4.C2H4O2/c1-3-7-5-6-9(11(13)14)10(12(15)16)8(7)4-2;1-2(3)4/h5-6H,3-4H2,1-2H3,(H,13,14)(H,15,16);1H3,(H,3,4). The number of aryl methyl sites for hydroxylation is 1. The third-order valence-corrected chi connectivity index (χ3v) is 2.59.